The molecule has 1 aliphatic rings. The molecular formula is C10H18N2O3S. The highest BCUT2D eigenvalue weighted by atomic mass is 32.2. The molecule has 0 aromatic rings. The molecule has 1 rings (SSSR count). The average molecular weight is 246 g/mol. The Morgan fingerprint density at radius 3 is 2.81 bits per heavy atom. The highest BCUT2D eigenvalue weighted by Gasteiger charge is 2.19. The molecule has 16 heavy (non-hydrogen) atoms. The Labute approximate surface area is 99.4 Å². The maximum absolute atomic E-state index is 10.8. The second kappa shape index (κ2) is 6.75. The van der Waals surface area contributed by atoms with Gasteiger partial charge in [0.05, 0.1) is 0 Å². The van der Waals surface area contributed by atoms with Crippen LogP contribution in [0.3, 0.4) is 0 Å². The van der Waals surface area contributed by atoms with E-state index in [-0.39, 0.29) is 12.5 Å². The van der Waals surface area contributed by atoms with Crippen LogP contribution >= 0.6 is 11.8 Å². The van der Waals surface area contributed by atoms with Crippen LogP contribution < -0.4 is 10.6 Å². The molecule has 0 bridgehead atoms. The number of amides is 1. The lowest BCUT2D eigenvalue weighted by Gasteiger charge is -2.15. The smallest absolute Gasteiger partial charge is 0.327 e. The Morgan fingerprint density at radius 2 is 2.31 bits per heavy atom. The number of thioether (sulfide) groups is 1. The molecule has 92 valence electrons. The first-order valence-electron chi connectivity index (χ1n) is 5.42. The van der Waals surface area contributed by atoms with Crippen LogP contribution in [-0.4, -0.2) is 47.1 Å². The van der Waals surface area contributed by atoms with Crippen LogP contribution in [0.1, 0.15) is 19.8 Å². The van der Waals surface area contributed by atoms with Gasteiger partial charge in [0.1, 0.15) is 6.04 Å². The molecule has 1 fully saturated rings. The average Bonchev–Trinajstić information content (AvgIpc) is 2.68. The SMILES string of the molecule is CC(=O)NC(CNCC1CCCS1)C(=O)O. The van der Waals surface area contributed by atoms with E-state index in [2.05, 4.69) is 10.6 Å². The lowest BCUT2D eigenvalue weighted by atomic mass is 10.2. The number of rotatable bonds is 6. The molecule has 0 aliphatic carbocycles. The summed E-state index contributed by atoms with van der Waals surface area (Å²) in [6, 6.07) is -0.830. The third-order valence-corrected chi connectivity index (χ3v) is 3.82. The molecule has 2 atom stereocenters. The van der Waals surface area contributed by atoms with Crippen LogP contribution in [0.25, 0.3) is 0 Å². The lowest BCUT2D eigenvalue weighted by Crippen LogP contribution is -2.47. The Kier molecular flexibility index (Phi) is 5.62. The van der Waals surface area contributed by atoms with Crippen LogP contribution in [0.5, 0.6) is 0 Å². The summed E-state index contributed by atoms with van der Waals surface area (Å²) < 4.78 is 0. The fourth-order valence-electron chi connectivity index (χ4n) is 1.64. The maximum Gasteiger partial charge on any atom is 0.327 e. The van der Waals surface area contributed by atoms with Gasteiger partial charge in [0.2, 0.25) is 5.91 Å². The van der Waals surface area contributed by atoms with Gasteiger partial charge in [0, 0.05) is 25.3 Å². The van der Waals surface area contributed by atoms with Crippen molar-refractivity contribution in [3.05, 3.63) is 0 Å². The van der Waals surface area contributed by atoms with E-state index in [9.17, 15) is 9.59 Å². The summed E-state index contributed by atoms with van der Waals surface area (Å²) in [7, 11) is 0. The number of nitrogens with one attached hydrogen (secondary N) is 2. The van der Waals surface area contributed by atoms with Gasteiger partial charge in [-0.25, -0.2) is 4.79 Å². The summed E-state index contributed by atoms with van der Waals surface area (Å²) in [6.07, 6.45) is 2.43. The standard InChI is InChI=1S/C10H18N2O3S/c1-7(13)12-9(10(14)15)6-11-5-8-3-2-4-16-8/h8-9,11H,2-6H2,1H3,(H,12,13)(H,14,15). The number of hydrogen-bond acceptors (Lipinski definition) is 4. The minimum absolute atomic E-state index is 0.284. The fraction of sp³-hybridized carbons (Fsp3) is 0.800. The molecule has 0 spiro atoms. The Balaban J connectivity index is 2.21. The second-order valence-electron chi connectivity index (χ2n) is 3.88. The summed E-state index contributed by atoms with van der Waals surface area (Å²) in [4.78, 5) is 21.6. The topological polar surface area (TPSA) is 78.4 Å². The molecule has 1 saturated heterocycles. The van der Waals surface area contributed by atoms with Gasteiger partial charge < -0.3 is 15.7 Å². The number of carbonyl (C=O) groups excluding carboxylic acids is 1. The number of hydrogen-bond donors (Lipinski definition) is 3. The summed E-state index contributed by atoms with van der Waals surface area (Å²) >= 11 is 1.92. The molecule has 6 heteroatoms. The van der Waals surface area contributed by atoms with Gasteiger partial charge in [0.15, 0.2) is 0 Å². The van der Waals surface area contributed by atoms with E-state index in [1.165, 1.54) is 25.5 Å². The van der Waals surface area contributed by atoms with Crippen molar-refractivity contribution in [3.8, 4) is 0 Å². The first-order valence-corrected chi connectivity index (χ1v) is 6.46. The van der Waals surface area contributed by atoms with E-state index >= 15 is 0 Å². The van der Waals surface area contributed by atoms with Gasteiger partial charge >= 0.3 is 5.97 Å². The highest BCUT2D eigenvalue weighted by molar-refractivity contribution is 8.00. The third-order valence-electron chi connectivity index (χ3n) is 2.42. The summed E-state index contributed by atoms with van der Waals surface area (Å²) in [6.45, 7) is 2.42. The van der Waals surface area contributed by atoms with Crippen LogP contribution in [0.2, 0.25) is 0 Å². The quantitative estimate of drug-likeness (QED) is 0.618. The summed E-state index contributed by atoms with van der Waals surface area (Å²) in [5, 5.41) is 14.9. The molecule has 0 aromatic heterocycles. The van der Waals surface area contributed by atoms with Crippen molar-refractivity contribution in [1.82, 2.24) is 10.6 Å². The van der Waals surface area contributed by atoms with Crippen molar-refractivity contribution >= 4 is 23.6 Å². The molecule has 0 aromatic carbocycles. The minimum Gasteiger partial charge on any atom is -0.480 e. The van der Waals surface area contributed by atoms with E-state index in [1.54, 1.807) is 0 Å². The number of aliphatic carboxylic acids is 1. The summed E-state index contributed by atoms with van der Waals surface area (Å²) in [5.41, 5.74) is 0. The van der Waals surface area contributed by atoms with E-state index < -0.39 is 12.0 Å². The third kappa shape index (κ3) is 4.85. The minimum atomic E-state index is -0.998. The van der Waals surface area contributed by atoms with Gasteiger partial charge in [0.25, 0.3) is 0 Å². The lowest BCUT2D eigenvalue weighted by molar-refractivity contribution is -0.141. The predicted octanol–water partition coefficient (Wildman–Crippen LogP) is 0.0609. The zero-order valence-electron chi connectivity index (χ0n) is 9.36. The Hall–Kier alpha value is -0.750. The van der Waals surface area contributed by atoms with E-state index in [4.69, 9.17) is 5.11 Å². The molecule has 5 nitrogen and oxygen atoms in total. The van der Waals surface area contributed by atoms with Crippen LogP contribution in [-0.2, 0) is 9.59 Å². The van der Waals surface area contributed by atoms with Crippen molar-refractivity contribution < 1.29 is 14.7 Å². The van der Waals surface area contributed by atoms with Gasteiger partial charge in [-0.1, -0.05) is 0 Å². The van der Waals surface area contributed by atoms with Crippen LogP contribution in [0, 0.1) is 0 Å². The van der Waals surface area contributed by atoms with Gasteiger partial charge in [-0.2, -0.15) is 11.8 Å². The fourth-order valence-corrected chi connectivity index (χ4v) is 2.88. The van der Waals surface area contributed by atoms with E-state index in [1.807, 2.05) is 11.8 Å². The highest BCUT2D eigenvalue weighted by Crippen LogP contribution is 2.25. The number of carboxylic acid groups (broad SMARTS) is 1. The van der Waals surface area contributed by atoms with Gasteiger partial charge in [-0.05, 0) is 18.6 Å². The largest absolute Gasteiger partial charge is 0.480 e. The molecular weight excluding hydrogens is 228 g/mol. The molecule has 0 saturated carbocycles. The van der Waals surface area contributed by atoms with Crippen molar-refractivity contribution in [3.63, 3.8) is 0 Å². The van der Waals surface area contributed by atoms with Crippen LogP contribution in [0.4, 0.5) is 0 Å². The van der Waals surface area contributed by atoms with Crippen molar-refractivity contribution in [1.29, 1.82) is 0 Å². The van der Waals surface area contributed by atoms with Gasteiger partial charge in [-0.3, -0.25) is 4.79 Å². The van der Waals surface area contributed by atoms with Crippen molar-refractivity contribution in [2.75, 3.05) is 18.8 Å². The second-order valence-corrected chi connectivity index (χ2v) is 5.29. The van der Waals surface area contributed by atoms with E-state index in [0.29, 0.717) is 5.25 Å². The number of carboxylic acids is 1. The van der Waals surface area contributed by atoms with Crippen molar-refractivity contribution in [2.45, 2.75) is 31.1 Å². The molecule has 1 amide bonds. The predicted molar refractivity (Wildman–Crippen MR) is 63.6 cm³/mol. The van der Waals surface area contributed by atoms with Crippen LogP contribution in [0.15, 0.2) is 0 Å². The van der Waals surface area contributed by atoms with Gasteiger partial charge in [-0.15, -0.1) is 0 Å². The zero-order chi connectivity index (χ0) is 12.0. The van der Waals surface area contributed by atoms with E-state index in [0.717, 1.165) is 6.54 Å². The number of carbonyl (C=O) groups is 2. The molecule has 3 N–H and O–H groups in total. The molecule has 1 heterocycles. The molecule has 0 radical (unpaired) electrons. The first-order chi connectivity index (χ1) is 7.59. The zero-order valence-corrected chi connectivity index (χ0v) is 10.2. The Bertz CT molecular complexity index is 254. The Morgan fingerprint density at radius 1 is 1.56 bits per heavy atom. The normalized spacial score (nSPS) is 21.7. The molecule has 2 unspecified atom stereocenters. The first kappa shape index (κ1) is 13.3. The monoisotopic (exact) mass is 246 g/mol. The maximum atomic E-state index is 10.8. The summed E-state index contributed by atoms with van der Waals surface area (Å²) in [5.74, 6) is -0.119. The van der Waals surface area contributed by atoms with Crippen molar-refractivity contribution in [2.24, 2.45) is 0 Å². The molecule has 1 aliphatic heterocycles.